The van der Waals surface area contributed by atoms with Crippen molar-refractivity contribution in [3.63, 3.8) is 0 Å². The molecule has 2 aromatic heterocycles. The first kappa shape index (κ1) is 21.3. The van der Waals surface area contributed by atoms with Crippen molar-refractivity contribution < 1.29 is 19.5 Å². The number of aromatic amines is 1. The van der Waals surface area contributed by atoms with Gasteiger partial charge in [0.1, 0.15) is 5.75 Å². The van der Waals surface area contributed by atoms with Gasteiger partial charge in [-0.15, -0.1) is 0 Å². The molecule has 4 aromatic rings. The van der Waals surface area contributed by atoms with E-state index in [1.807, 2.05) is 36.4 Å². The van der Waals surface area contributed by atoms with Crippen molar-refractivity contribution >= 4 is 28.4 Å². The van der Waals surface area contributed by atoms with Crippen LogP contribution < -0.4 is 9.47 Å². The van der Waals surface area contributed by atoms with Crippen molar-refractivity contribution in [2.75, 3.05) is 7.05 Å². The number of nitrogens with one attached hydrogen (secondary N) is 1. The fourth-order valence-electron chi connectivity index (χ4n) is 3.92. The van der Waals surface area contributed by atoms with Crippen molar-refractivity contribution in [2.24, 2.45) is 0 Å². The van der Waals surface area contributed by atoms with Crippen molar-refractivity contribution in [3.05, 3.63) is 76.7 Å². The number of carbonyl (C=O) groups excluding carboxylic acids is 1. The van der Waals surface area contributed by atoms with Crippen LogP contribution >= 0.6 is 11.6 Å². The summed E-state index contributed by atoms with van der Waals surface area (Å²) >= 11 is 6.19. The lowest BCUT2D eigenvalue weighted by atomic mass is 10.0. The standard InChI is InChI=1S/C25H23ClN4O3/c1-15-22-12-27-28-24(22)18(14-30(15)32)13-29(2)25(31)17-6-9-21(16-4-3-5-19(26)10-16)23(11-17)33-20-7-8-20/h3-6,9-12,14,20,32H,7-8,13H2,1-2H3/p+1. The highest BCUT2D eigenvalue weighted by molar-refractivity contribution is 6.30. The van der Waals surface area contributed by atoms with Gasteiger partial charge in [0.25, 0.3) is 5.91 Å². The Morgan fingerprint density at radius 3 is 2.88 bits per heavy atom. The molecule has 33 heavy (non-hydrogen) atoms. The second kappa shape index (κ2) is 8.41. The summed E-state index contributed by atoms with van der Waals surface area (Å²) in [6.45, 7) is 2.10. The van der Waals surface area contributed by atoms with Gasteiger partial charge in [0, 0.05) is 34.9 Å². The molecule has 1 aliphatic rings. The molecule has 0 saturated heterocycles. The number of aryl methyl sites for hydroxylation is 1. The SMILES string of the molecule is Cc1c2cn[nH]c2c(CN(C)C(=O)c2ccc(-c3cccc(Cl)c3)c(OC3CC3)c2)c[n+]1O. The molecule has 0 unspecified atom stereocenters. The fourth-order valence-corrected chi connectivity index (χ4v) is 4.11. The molecule has 0 aliphatic heterocycles. The molecular formula is C25H24ClN4O3+. The van der Waals surface area contributed by atoms with Crippen LogP contribution in [0.25, 0.3) is 22.0 Å². The third-order valence-corrected chi connectivity index (χ3v) is 6.14. The molecule has 1 aliphatic carbocycles. The average molecular weight is 464 g/mol. The van der Waals surface area contributed by atoms with Crippen LogP contribution in [0.3, 0.4) is 0 Å². The number of H-pyrrole nitrogens is 1. The molecule has 0 radical (unpaired) electrons. The molecule has 0 bridgehead atoms. The van der Waals surface area contributed by atoms with Gasteiger partial charge in [0.05, 0.1) is 35.3 Å². The van der Waals surface area contributed by atoms with Crippen LogP contribution in [-0.2, 0) is 6.54 Å². The molecule has 1 amide bonds. The molecule has 168 valence electrons. The van der Waals surface area contributed by atoms with E-state index >= 15 is 0 Å². The van der Waals surface area contributed by atoms with Crippen LogP contribution in [0.5, 0.6) is 5.75 Å². The Bertz CT molecular complexity index is 1360. The summed E-state index contributed by atoms with van der Waals surface area (Å²) < 4.78 is 7.21. The quantitative estimate of drug-likeness (QED) is 0.325. The lowest BCUT2D eigenvalue weighted by Gasteiger charge is -2.19. The first-order valence-electron chi connectivity index (χ1n) is 10.8. The third-order valence-electron chi connectivity index (χ3n) is 5.91. The van der Waals surface area contributed by atoms with E-state index in [9.17, 15) is 10.0 Å². The minimum atomic E-state index is -0.147. The van der Waals surface area contributed by atoms with E-state index in [0.717, 1.165) is 45.2 Å². The van der Waals surface area contributed by atoms with Gasteiger partial charge in [0.15, 0.2) is 0 Å². The summed E-state index contributed by atoms with van der Waals surface area (Å²) in [7, 11) is 1.73. The number of ether oxygens (including phenoxy) is 1. The molecule has 2 heterocycles. The Labute approximate surface area is 196 Å². The van der Waals surface area contributed by atoms with Crippen molar-refractivity contribution in [1.29, 1.82) is 0 Å². The first-order chi connectivity index (χ1) is 15.9. The molecule has 0 atom stereocenters. The van der Waals surface area contributed by atoms with E-state index in [2.05, 4.69) is 10.2 Å². The number of aromatic nitrogens is 3. The van der Waals surface area contributed by atoms with Crippen LogP contribution in [0.4, 0.5) is 0 Å². The number of rotatable bonds is 6. The Morgan fingerprint density at radius 1 is 1.30 bits per heavy atom. The highest BCUT2D eigenvalue weighted by Gasteiger charge is 2.26. The Balaban J connectivity index is 1.44. The predicted octanol–water partition coefficient (Wildman–Crippen LogP) is 4.53. The first-order valence-corrected chi connectivity index (χ1v) is 11.2. The van der Waals surface area contributed by atoms with E-state index in [-0.39, 0.29) is 12.0 Å². The number of fused-ring (bicyclic) bond motifs is 1. The molecule has 5 rings (SSSR count). The minimum Gasteiger partial charge on any atom is -0.490 e. The lowest BCUT2D eigenvalue weighted by molar-refractivity contribution is -0.908. The van der Waals surface area contributed by atoms with Gasteiger partial charge in [-0.3, -0.25) is 15.1 Å². The molecular weight excluding hydrogens is 440 g/mol. The van der Waals surface area contributed by atoms with Gasteiger partial charge in [-0.25, -0.2) is 0 Å². The Morgan fingerprint density at radius 2 is 2.12 bits per heavy atom. The number of halogens is 1. The normalized spacial score (nSPS) is 13.3. The number of amides is 1. The number of pyridine rings is 1. The van der Waals surface area contributed by atoms with E-state index < -0.39 is 0 Å². The number of hydrogen-bond donors (Lipinski definition) is 2. The maximum Gasteiger partial charge on any atom is 0.254 e. The Kier molecular flexibility index (Phi) is 5.42. The predicted molar refractivity (Wildman–Crippen MR) is 125 cm³/mol. The lowest BCUT2D eigenvalue weighted by Crippen LogP contribution is -2.35. The van der Waals surface area contributed by atoms with Crippen molar-refractivity contribution in [3.8, 4) is 16.9 Å². The number of hydrogen-bond acceptors (Lipinski definition) is 4. The van der Waals surface area contributed by atoms with Crippen LogP contribution in [-0.4, -0.2) is 39.4 Å². The van der Waals surface area contributed by atoms with E-state index in [1.54, 1.807) is 37.3 Å². The molecule has 2 N–H and O–H groups in total. The summed E-state index contributed by atoms with van der Waals surface area (Å²) in [6.07, 6.45) is 5.48. The van der Waals surface area contributed by atoms with Gasteiger partial charge in [-0.1, -0.05) is 23.7 Å². The van der Waals surface area contributed by atoms with Gasteiger partial charge in [-0.05, 0) is 48.7 Å². The van der Waals surface area contributed by atoms with Gasteiger partial charge in [-0.2, -0.15) is 5.10 Å². The molecule has 2 aromatic carbocycles. The molecule has 8 heteroatoms. The monoisotopic (exact) mass is 463 g/mol. The van der Waals surface area contributed by atoms with E-state index in [4.69, 9.17) is 16.3 Å². The van der Waals surface area contributed by atoms with Crippen molar-refractivity contribution in [1.82, 2.24) is 15.1 Å². The minimum absolute atomic E-state index is 0.147. The third kappa shape index (κ3) is 4.24. The van der Waals surface area contributed by atoms with Gasteiger partial charge in [0.2, 0.25) is 11.9 Å². The molecule has 1 saturated carbocycles. The summed E-state index contributed by atoms with van der Waals surface area (Å²) in [6, 6.07) is 13.1. The van der Waals surface area contributed by atoms with E-state index in [1.165, 1.54) is 0 Å². The highest BCUT2D eigenvalue weighted by atomic mass is 35.5. The number of benzene rings is 2. The molecule has 1 fully saturated rings. The largest absolute Gasteiger partial charge is 0.490 e. The molecule has 0 spiro atoms. The fraction of sp³-hybridized carbons (Fsp3) is 0.240. The average Bonchev–Trinajstić information content (AvgIpc) is 3.47. The maximum absolute atomic E-state index is 13.3. The highest BCUT2D eigenvalue weighted by Crippen LogP contribution is 2.36. The topological polar surface area (TPSA) is 82.3 Å². The van der Waals surface area contributed by atoms with E-state index in [0.29, 0.717) is 28.6 Å². The van der Waals surface area contributed by atoms with Gasteiger partial charge >= 0.3 is 0 Å². The van der Waals surface area contributed by atoms with Gasteiger partial charge < -0.3 is 9.64 Å². The zero-order valence-electron chi connectivity index (χ0n) is 18.4. The summed E-state index contributed by atoms with van der Waals surface area (Å²) in [5, 5.41) is 18.7. The second-order valence-corrected chi connectivity index (χ2v) is 8.88. The van der Waals surface area contributed by atoms with Crippen LogP contribution in [0.1, 0.15) is 34.5 Å². The summed E-state index contributed by atoms with van der Waals surface area (Å²) in [4.78, 5) is 14.9. The maximum atomic E-state index is 13.3. The van der Waals surface area contributed by atoms with Crippen LogP contribution in [0.2, 0.25) is 5.02 Å². The second-order valence-electron chi connectivity index (χ2n) is 8.44. The van der Waals surface area contributed by atoms with Crippen LogP contribution in [0, 0.1) is 6.92 Å². The smallest absolute Gasteiger partial charge is 0.254 e. The zero-order chi connectivity index (χ0) is 23.1. The summed E-state index contributed by atoms with van der Waals surface area (Å²) in [5.41, 5.74) is 4.61. The zero-order valence-corrected chi connectivity index (χ0v) is 19.1. The van der Waals surface area contributed by atoms with Crippen molar-refractivity contribution in [2.45, 2.75) is 32.4 Å². The molecule has 7 nitrogen and oxygen atoms in total. The van der Waals surface area contributed by atoms with Crippen LogP contribution in [0.15, 0.2) is 54.9 Å². The number of carbonyl (C=O) groups is 1. The Hall–Kier alpha value is -3.58. The summed E-state index contributed by atoms with van der Waals surface area (Å²) in [5.74, 6) is 0.532. The number of nitrogens with zero attached hydrogens (tertiary/aromatic N) is 3.